The van der Waals surface area contributed by atoms with Crippen LogP contribution in [0.3, 0.4) is 0 Å². The van der Waals surface area contributed by atoms with Gasteiger partial charge in [-0.3, -0.25) is 4.55 Å². The maximum absolute atomic E-state index is 10.9. The van der Waals surface area contributed by atoms with Crippen molar-refractivity contribution in [2.24, 2.45) is 0 Å². The Morgan fingerprint density at radius 1 is 1.14 bits per heavy atom. The van der Waals surface area contributed by atoms with E-state index in [0.717, 1.165) is 0 Å². The number of halogens is 3. The van der Waals surface area contributed by atoms with Crippen LogP contribution in [0.1, 0.15) is 5.56 Å². The summed E-state index contributed by atoms with van der Waals surface area (Å²) in [6, 6.07) is 8.07. The highest BCUT2D eigenvalue weighted by Gasteiger charge is 2.44. The normalized spacial score (nSPS) is 12.0. The van der Waals surface area contributed by atoms with E-state index in [1.165, 1.54) is 0 Å². The zero-order valence-corrected chi connectivity index (χ0v) is 11.9. The molecule has 0 heterocycles. The van der Waals surface area contributed by atoms with Crippen LogP contribution in [0.5, 0.6) is 0 Å². The number of rotatable bonds is 4. The minimum Gasteiger partial charge on any atom is -0.279 e. The van der Waals surface area contributed by atoms with Crippen LogP contribution in [0.25, 0.3) is 0 Å². The Bertz CT molecular complexity index is 699. The zero-order valence-electron chi connectivity index (χ0n) is 10.3. The van der Waals surface area contributed by atoms with E-state index in [1.54, 1.807) is 30.3 Å². The summed E-state index contributed by atoms with van der Waals surface area (Å²) in [6.07, 6.45) is 0. The molecular weight excluding hydrogens is 359 g/mol. The molecule has 0 bridgehead atoms. The van der Waals surface area contributed by atoms with Gasteiger partial charge in [-0.15, -0.1) is 10.1 Å². The average molecular weight is 367 g/mol. The summed E-state index contributed by atoms with van der Waals surface area (Å²) in [7, 11) is -9.97. The van der Waals surface area contributed by atoms with Crippen molar-refractivity contribution in [1.82, 2.24) is 0 Å². The molecule has 9 nitrogen and oxygen atoms in total. The molecule has 1 aromatic rings. The second kappa shape index (κ2) is 7.37. The Hall–Kier alpha value is -1.93. The molecule has 0 aliphatic heterocycles. The molecule has 1 rings (SSSR count). The van der Waals surface area contributed by atoms with Crippen LogP contribution in [0, 0.1) is 10.1 Å². The maximum Gasteiger partial charge on any atom is 0.522 e. The Labute approximate surface area is 122 Å². The lowest BCUT2D eigenvalue weighted by Gasteiger charge is -2.00. The van der Waals surface area contributed by atoms with E-state index in [-0.39, 0.29) is 0 Å². The second-order valence-electron chi connectivity index (χ2n) is 3.41. The number of benzene rings is 1. The van der Waals surface area contributed by atoms with E-state index in [0.29, 0.717) is 5.56 Å². The number of hydrogen-bond acceptors (Lipinski definition) is 7. The number of hydrogen-bond donors (Lipinski definition) is 1. The van der Waals surface area contributed by atoms with Crippen molar-refractivity contribution in [3.63, 3.8) is 0 Å². The summed E-state index contributed by atoms with van der Waals surface area (Å²) < 4.78 is 83.0. The fourth-order valence-electron chi connectivity index (χ4n) is 0.897. The molecule has 0 unspecified atom stereocenters. The molecule has 1 aromatic carbocycles. The van der Waals surface area contributed by atoms with Gasteiger partial charge in [0.2, 0.25) is 0 Å². The van der Waals surface area contributed by atoms with Crippen LogP contribution in [-0.4, -0.2) is 32.0 Å². The van der Waals surface area contributed by atoms with E-state index >= 15 is 0 Å². The summed E-state index contributed by atoms with van der Waals surface area (Å²) >= 11 is 0. The summed E-state index contributed by atoms with van der Waals surface area (Å²) in [6.45, 7) is 0. The molecule has 14 heteroatoms. The predicted molar refractivity (Wildman–Crippen MR) is 64.7 cm³/mol. The molecule has 0 saturated carbocycles. The highest BCUT2D eigenvalue weighted by atomic mass is 32.2. The van der Waals surface area contributed by atoms with Crippen molar-refractivity contribution in [3.8, 4) is 0 Å². The first-order valence-corrected chi connectivity index (χ1v) is 7.91. The minimum absolute atomic E-state index is 0.439. The van der Waals surface area contributed by atoms with Crippen LogP contribution < -0.4 is 0 Å². The highest BCUT2D eigenvalue weighted by molar-refractivity contribution is 7.86. The quantitative estimate of drug-likeness (QED) is 0.361. The molecule has 0 fully saturated rings. The Kier molecular flexibility index (Phi) is 6.72. The molecule has 0 spiro atoms. The molecule has 22 heavy (non-hydrogen) atoms. The molecule has 0 saturated heterocycles. The van der Waals surface area contributed by atoms with Crippen molar-refractivity contribution in [1.29, 1.82) is 0 Å². The topological polar surface area (TPSA) is 141 Å². The first-order chi connectivity index (χ1) is 9.74. The van der Waals surface area contributed by atoms with Crippen molar-refractivity contribution in [3.05, 3.63) is 46.0 Å². The lowest BCUT2D eigenvalue weighted by Crippen LogP contribution is -2.21. The molecule has 1 N–H and O–H groups in total. The SMILES string of the molecule is O=S(=O)(O)C(F)(F)F.O=[N+]([O-])OS(=O)(=O)Cc1ccccc1. The zero-order chi connectivity index (χ0) is 17.6. The first-order valence-electron chi connectivity index (χ1n) is 4.89. The summed E-state index contributed by atoms with van der Waals surface area (Å²) in [5.41, 5.74) is -5.10. The molecule has 0 aromatic heterocycles. The first kappa shape index (κ1) is 20.1. The van der Waals surface area contributed by atoms with Crippen molar-refractivity contribution < 1.29 is 43.9 Å². The van der Waals surface area contributed by atoms with Crippen LogP contribution in [0.15, 0.2) is 30.3 Å². The van der Waals surface area contributed by atoms with Gasteiger partial charge < -0.3 is 0 Å². The lowest BCUT2D eigenvalue weighted by atomic mass is 10.2. The second-order valence-corrected chi connectivity index (χ2v) is 6.37. The Balaban J connectivity index is 0.000000472. The molecule has 0 aliphatic carbocycles. The van der Waals surface area contributed by atoms with Crippen molar-refractivity contribution >= 4 is 20.2 Å². The van der Waals surface area contributed by atoms with Crippen LogP contribution in [-0.2, 0) is 30.3 Å². The van der Waals surface area contributed by atoms with Gasteiger partial charge in [0.1, 0.15) is 0 Å². The van der Waals surface area contributed by atoms with Crippen molar-refractivity contribution in [2.45, 2.75) is 11.3 Å². The maximum atomic E-state index is 10.9. The summed E-state index contributed by atoms with van der Waals surface area (Å²) in [4.78, 5) is 9.81. The minimum atomic E-state index is -5.84. The van der Waals surface area contributed by atoms with E-state index in [2.05, 4.69) is 4.28 Å². The van der Waals surface area contributed by atoms with Crippen LogP contribution in [0.2, 0.25) is 0 Å². The fraction of sp³-hybridized carbons (Fsp3) is 0.250. The van der Waals surface area contributed by atoms with Gasteiger partial charge in [0.15, 0.2) is 0 Å². The third-order valence-electron chi connectivity index (χ3n) is 1.65. The van der Waals surface area contributed by atoms with Gasteiger partial charge in [-0.25, -0.2) is 8.42 Å². The van der Waals surface area contributed by atoms with Gasteiger partial charge in [0, 0.05) is 0 Å². The molecular formula is C8H8F3NO8S2. The van der Waals surface area contributed by atoms with Gasteiger partial charge in [-0.1, -0.05) is 30.3 Å². The monoisotopic (exact) mass is 367 g/mol. The number of nitrogens with zero attached hydrogens (tertiary/aromatic N) is 1. The smallest absolute Gasteiger partial charge is 0.279 e. The standard InChI is InChI=1S/C7H7NO5S.CHF3O3S/c9-8(10)13-14(11,12)6-7-4-2-1-3-5-7;2-1(3,4)8(5,6)7/h1-5H,6H2;(H,5,6,7). The molecule has 0 aliphatic rings. The predicted octanol–water partition coefficient (Wildman–Crippen LogP) is 1.12. The largest absolute Gasteiger partial charge is 0.522 e. The summed E-state index contributed by atoms with van der Waals surface area (Å²) in [5, 5.41) is 8.47. The molecule has 0 atom stereocenters. The fourth-order valence-corrected chi connectivity index (χ4v) is 1.74. The van der Waals surface area contributed by atoms with Gasteiger partial charge in [0.25, 0.3) is 0 Å². The Morgan fingerprint density at radius 3 is 1.86 bits per heavy atom. The third-order valence-corrected chi connectivity index (χ3v) is 3.27. The third kappa shape index (κ3) is 8.38. The highest BCUT2D eigenvalue weighted by Crippen LogP contribution is 2.20. The van der Waals surface area contributed by atoms with Gasteiger partial charge in [-0.2, -0.15) is 25.9 Å². The average Bonchev–Trinajstić information content (AvgIpc) is 2.25. The van der Waals surface area contributed by atoms with Crippen molar-refractivity contribution in [2.75, 3.05) is 0 Å². The van der Waals surface area contributed by atoms with Crippen LogP contribution >= 0.6 is 0 Å². The summed E-state index contributed by atoms with van der Waals surface area (Å²) in [5.74, 6) is -0.505. The number of alkyl halides is 3. The van der Waals surface area contributed by atoms with Gasteiger partial charge >= 0.3 is 30.8 Å². The van der Waals surface area contributed by atoms with Crippen LogP contribution in [0.4, 0.5) is 13.2 Å². The van der Waals surface area contributed by atoms with E-state index in [1.807, 2.05) is 0 Å². The molecule has 126 valence electrons. The van der Waals surface area contributed by atoms with E-state index < -0.39 is 36.6 Å². The van der Waals surface area contributed by atoms with Gasteiger partial charge in [-0.05, 0) is 5.56 Å². The molecule has 0 radical (unpaired) electrons. The van der Waals surface area contributed by atoms with Gasteiger partial charge in [0.05, 0.1) is 5.75 Å². The van der Waals surface area contributed by atoms with E-state index in [9.17, 15) is 31.7 Å². The Morgan fingerprint density at radius 2 is 1.55 bits per heavy atom. The molecule has 0 amide bonds. The lowest BCUT2D eigenvalue weighted by molar-refractivity contribution is -0.711. The van der Waals surface area contributed by atoms with E-state index in [4.69, 9.17) is 13.0 Å².